The van der Waals surface area contributed by atoms with Crippen LogP contribution in [0.4, 0.5) is 0 Å². The third-order valence-corrected chi connectivity index (χ3v) is 5.14. The number of rotatable bonds is 1. The summed E-state index contributed by atoms with van der Waals surface area (Å²) in [5, 5.41) is 0. The molecule has 0 spiro atoms. The number of benzene rings is 1. The molecule has 1 heteroatoms. The molecule has 1 aliphatic heterocycles. The van der Waals surface area contributed by atoms with E-state index in [1.165, 1.54) is 23.3 Å². The number of aryl methyl sites for hydroxylation is 1. The Bertz CT molecular complexity index is 394. The molecule has 1 heterocycles. The van der Waals surface area contributed by atoms with Crippen LogP contribution >= 0.6 is 11.8 Å². The fourth-order valence-corrected chi connectivity index (χ4v) is 3.47. The summed E-state index contributed by atoms with van der Waals surface area (Å²) >= 11 is 2.09. The smallest absolute Gasteiger partial charge is 0.0390 e. The fraction of sp³-hybridized carbons (Fsp3) is 0.600. The van der Waals surface area contributed by atoms with E-state index in [1.807, 2.05) is 0 Å². The first-order chi connectivity index (χ1) is 7.33. The minimum atomic E-state index is 0.257. The highest BCUT2D eigenvalue weighted by atomic mass is 32.2. The van der Waals surface area contributed by atoms with Gasteiger partial charge in [-0.15, -0.1) is 0 Å². The van der Waals surface area contributed by atoms with Gasteiger partial charge in [-0.1, -0.05) is 39.0 Å². The van der Waals surface area contributed by atoms with Crippen molar-refractivity contribution in [1.82, 2.24) is 0 Å². The molecule has 16 heavy (non-hydrogen) atoms. The molecule has 1 aromatic carbocycles. The van der Waals surface area contributed by atoms with Gasteiger partial charge in [0.05, 0.1) is 0 Å². The lowest BCUT2D eigenvalue weighted by molar-refractivity contribution is 0.579. The molecule has 0 nitrogen and oxygen atoms in total. The van der Waals surface area contributed by atoms with Crippen LogP contribution in [0.2, 0.25) is 0 Å². The highest BCUT2D eigenvalue weighted by Crippen LogP contribution is 2.50. The van der Waals surface area contributed by atoms with Crippen LogP contribution < -0.4 is 0 Å². The van der Waals surface area contributed by atoms with Gasteiger partial charge >= 0.3 is 0 Å². The van der Waals surface area contributed by atoms with Crippen molar-refractivity contribution in [3.05, 3.63) is 34.9 Å². The van der Waals surface area contributed by atoms with E-state index in [0.717, 1.165) is 0 Å². The molecule has 0 aromatic heterocycles. The standard InChI is InChI=1S/C15H22S/c1-11-6-7-12(14(2,3)4)10-13(11)15(5)8-9-16-15/h6-7,10H,8-9H2,1-5H3. The van der Waals surface area contributed by atoms with Gasteiger partial charge < -0.3 is 0 Å². The van der Waals surface area contributed by atoms with E-state index >= 15 is 0 Å². The first-order valence-corrected chi connectivity index (χ1v) is 7.07. The predicted octanol–water partition coefficient (Wildman–Crippen LogP) is 4.64. The van der Waals surface area contributed by atoms with Crippen LogP contribution in [0.3, 0.4) is 0 Å². The molecule has 0 amide bonds. The summed E-state index contributed by atoms with van der Waals surface area (Å²) in [6.45, 7) is 11.5. The van der Waals surface area contributed by atoms with Gasteiger partial charge in [0.15, 0.2) is 0 Å². The summed E-state index contributed by atoms with van der Waals surface area (Å²) in [5.41, 5.74) is 4.72. The van der Waals surface area contributed by atoms with Gasteiger partial charge in [0.2, 0.25) is 0 Å². The van der Waals surface area contributed by atoms with E-state index < -0.39 is 0 Å². The van der Waals surface area contributed by atoms with Crippen LogP contribution in [0.1, 0.15) is 50.8 Å². The van der Waals surface area contributed by atoms with Crippen LogP contribution in [0.5, 0.6) is 0 Å². The predicted molar refractivity (Wildman–Crippen MR) is 74.3 cm³/mol. The zero-order chi connectivity index (χ0) is 12.0. The van der Waals surface area contributed by atoms with Crippen molar-refractivity contribution in [2.24, 2.45) is 0 Å². The summed E-state index contributed by atoms with van der Waals surface area (Å²) < 4.78 is 0.380. The molecule has 2 rings (SSSR count). The van der Waals surface area contributed by atoms with Crippen molar-refractivity contribution in [2.45, 2.75) is 51.2 Å². The van der Waals surface area contributed by atoms with Gasteiger partial charge in [0.25, 0.3) is 0 Å². The van der Waals surface area contributed by atoms with Crippen LogP contribution in [0.25, 0.3) is 0 Å². The van der Waals surface area contributed by atoms with Crippen LogP contribution in [-0.2, 0) is 10.2 Å². The van der Waals surface area contributed by atoms with E-state index in [1.54, 1.807) is 5.56 Å². The van der Waals surface area contributed by atoms with Crippen LogP contribution in [0, 0.1) is 6.92 Å². The highest BCUT2D eigenvalue weighted by Gasteiger charge is 2.36. The first-order valence-electron chi connectivity index (χ1n) is 6.08. The Balaban J connectivity index is 2.45. The lowest BCUT2D eigenvalue weighted by Crippen LogP contribution is -2.29. The maximum atomic E-state index is 2.43. The van der Waals surface area contributed by atoms with E-state index in [0.29, 0.717) is 4.75 Å². The monoisotopic (exact) mass is 234 g/mol. The summed E-state index contributed by atoms with van der Waals surface area (Å²) in [4.78, 5) is 0. The summed E-state index contributed by atoms with van der Waals surface area (Å²) in [5.74, 6) is 1.32. The molecule has 1 aliphatic rings. The van der Waals surface area contributed by atoms with E-state index in [4.69, 9.17) is 0 Å². The Labute approximate surface area is 104 Å². The second-order valence-corrected chi connectivity index (χ2v) is 7.71. The van der Waals surface area contributed by atoms with Crippen molar-refractivity contribution in [3.8, 4) is 0 Å². The van der Waals surface area contributed by atoms with Crippen molar-refractivity contribution >= 4 is 11.8 Å². The molecule has 0 aliphatic carbocycles. The topological polar surface area (TPSA) is 0 Å². The van der Waals surface area contributed by atoms with Crippen molar-refractivity contribution in [1.29, 1.82) is 0 Å². The molecule has 0 N–H and O–H groups in total. The first kappa shape index (κ1) is 12.0. The molecule has 1 unspecified atom stereocenters. The zero-order valence-corrected chi connectivity index (χ0v) is 11.9. The molecule has 1 aromatic rings. The third kappa shape index (κ3) is 2.02. The van der Waals surface area contributed by atoms with Crippen LogP contribution in [0.15, 0.2) is 18.2 Å². The molecular weight excluding hydrogens is 212 g/mol. The Morgan fingerprint density at radius 1 is 1.25 bits per heavy atom. The molecule has 1 fully saturated rings. The largest absolute Gasteiger partial charge is 0.151 e. The van der Waals surface area contributed by atoms with Crippen LogP contribution in [-0.4, -0.2) is 5.75 Å². The lowest BCUT2D eigenvalue weighted by atomic mass is 9.82. The van der Waals surface area contributed by atoms with Gasteiger partial charge in [-0.05, 0) is 48.1 Å². The van der Waals surface area contributed by atoms with Gasteiger partial charge in [-0.3, -0.25) is 0 Å². The van der Waals surface area contributed by atoms with E-state index in [9.17, 15) is 0 Å². The minimum Gasteiger partial charge on any atom is -0.151 e. The summed E-state index contributed by atoms with van der Waals surface area (Å²) in [6.07, 6.45) is 1.33. The summed E-state index contributed by atoms with van der Waals surface area (Å²) in [6, 6.07) is 7.01. The molecular formula is C15H22S. The average Bonchev–Trinajstić information content (AvgIpc) is 2.13. The number of hydrogen-bond donors (Lipinski definition) is 0. The fourth-order valence-electron chi connectivity index (χ4n) is 2.28. The molecule has 88 valence electrons. The Hall–Kier alpha value is -0.430. The third-order valence-electron chi connectivity index (χ3n) is 3.67. The zero-order valence-electron chi connectivity index (χ0n) is 11.1. The number of thioether (sulfide) groups is 1. The SMILES string of the molecule is Cc1ccc(C(C)(C)C)cc1C1(C)CCS1. The molecule has 0 bridgehead atoms. The van der Waals surface area contributed by atoms with Crippen molar-refractivity contribution in [3.63, 3.8) is 0 Å². The van der Waals surface area contributed by atoms with Gasteiger partial charge in [0, 0.05) is 4.75 Å². The Morgan fingerprint density at radius 3 is 2.31 bits per heavy atom. The van der Waals surface area contributed by atoms with Crippen molar-refractivity contribution in [2.75, 3.05) is 5.75 Å². The Morgan fingerprint density at radius 2 is 1.88 bits per heavy atom. The van der Waals surface area contributed by atoms with Gasteiger partial charge in [-0.25, -0.2) is 0 Å². The molecule has 1 atom stereocenters. The number of hydrogen-bond acceptors (Lipinski definition) is 1. The summed E-state index contributed by atoms with van der Waals surface area (Å²) in [7, 11) is 0. The lowest BCUT2D eigenvalue weighted by Gasteiger charge is -2.40. The van der Waals surface area contributed by atoms with Gasteiger partial charge in [0.1, 0.15) is 0 Å². The van der Waals surface area contributed by atoms with E-state index in [-0.39, 0.29) is 5.41 Å². The maximum Gasteiger partial charge on any atom is 0.0390 e. The molecule has 0 radical (unpaired) electrons. The minimum absolute atomic E-state index is 0.257. The van der Waals surface area contributed by atoms with Gasteiger partial charge in [-0.2, -0.15) is 11.8 Å². The van der Waals surface area contributed by atoms with E-state index in [2.05, 4.69) is 64.6 Å². The maximum absolute atomic E-state index is 2.43. The second-order valence-electron chi connectivity index (χ2n) is 6.11. The average molecular weight is 234 g/mol. The quantitative estimate of drug-likeness (QED) is 0.682. The Kier molecular flexibility index (Phi) is 2.86. The molecule has 0 saturated carbocycles. The second kappa shape index (κ2) is 3.80. The van der Waals surface area contributed by atoms with Crippen molar-refractivity contribution < 1.29 is 0 Å². The highest BCUT2D eigenvalue weighted by molar-refractivity contribution is 8.01. The normalized spacial score (nSPS) is 25.3. The molecule has 1 saturated heterocycles.